The van der Waals surface area contributed by atoms with Crippen LogP contribution in [0, 0.1) is 13.8 Å². The predicted molar refractivity (Wildman–Crippen MR) is 142 cm³/mol. The molecule has 6 aromatic rings. The van der Waals surface area contributed by atoms with E-state index >= 15 is 0 Å². The third kappa shape index (κ3) is 3.36. The lowest BCUT2D eigenvalue weighted by Crippen LogP contribution is -2.08. The van der Waals surface area contributed by atoms with Gasteiger partial charge in [-0.05, 0) is 66.9 Å². The molecule has 0 atom stereocenters. The summed E-state index contributed by atoms with van der Waals surface area (Å²) in [5.41, 5.74) is 9.39. The molecule has 6 rings (SSSR count). The molecule has 0 bridgehead atoms. The van der Waals surface area contributed by atoms with Crippen LogP contribution in [-0.2, 0) is 0 Å². The Hall–Kier alpha value is -3.97. The van der Waals surface area contributed by atoms with Gasteiger partial charge in [0.25, 0.3) is 0 Å². The van der Waals surface area contributed by atoms with Gasteiger partial charge in [0.1, 0.15) is 11.2 Å². The highest BCUT2D eigenvalue weighted by Gasteiger charge is 2.17. The second kappa shape index (κ2) is 7.81. The summed E-state index contributed by atoms with van der Waals surface area (Å²) in [5.74, 6) is 0.737. The topological polar surface area (TPSA) is 73.5 Å². The summed E-state index contributed by atoms with van der Waals surface area (Å²) in [6.45, 7) is 4.25. The number of H-pyrrole nitrogens is 2. The zero-order valence-electron chi connectivity index (χ0n) is 19.5. The number of nitrogens with zero attached hydrogens (tertiary/aromatic N) is 4. The van der Waals surface area contributed by atoms with Crippen LogP contribution in [0.1, 0.15) is 10.4 Å². The van der Waals surface area contributed by atoms with Crippen LogP contribution < -0.4 is 4.90 Å². The van der Waals surface area contributed by atoms with E-state index in [1.807, 2.05) is 12.4 Å². The average Bonchev–Trinajstić information content (AvgIpc) is 3.55. The molecule has 2 aromatic carbocycles. The summed E-state index contributed by atoms with van der Waals surface area (Å²) in [6, 6.07) is 17.2. The van der Waals surface area contributed by atoms with Crippen molar-refractivity contribution in [2.75, 3.05) is 19.0 Å². The number of aromatic nitrogens is 5. The highest BCUT2D eigenvalue weighted by atomic mass is 32.1. The normalized spacial score (nSPS) is 11.5. The SMILES string of the molecule is Cc1ccc(-c2cncc3[nH]c(-c4n[nH]c5cc(C)c(-c6cccc(N(C)C)c6)cc45)nc23)s1. The molecule has 7 heteroatoms. The van der Waals surface area contributed by atoms with Crippen molar-refractivity contribution in [3.8, 4) is 33.1 Å². The zero-order valence-corrected chi connectivity index (χ0v) is 20.3. The van der Waals surface area contributed by atoms with Gasteiger partial charge in [-0.1, -0.05) is 12.1 Å². The Morgan fingerprint density at radius 2 is 1.79 bits per heavy atom. The summed E-state index contributed by atoms with van der Waals surface area (Å²) < 4.78 is 0. The lowest BCUT2D eigenvalue weighted by Gasteiger charge is -2.14. The van der Waals surface area contributed by atoms with Crippen molar-refractivity contribution in [3.05, 3.63) is 71.4 Å². The zero-order chi connectivity index (χ0) is 23.4. The molecule has 0 fully saturated rings. The Balaban J connectivity index is 1.51. The van der Waals surface area contributed by atoms with Gasteiger partial charge >= 0.3 is 0 Å². The van der Waals surface area contributed by atoms with Crippen molar-refractivity contribution in [1.82, 2.24) is 25.1 Å². The van der Waals surface area contributed by atoms with E-state index in [2.05, 4.69) is 102 Å². The highest BCUT2D eigenvalue weighted by Crippen LogP contribution is 2.36. The van der Waals surface area contributed by atoms with Gasteiger partial charge in [0.15, 0.2) is 5.82 Å². The fourth-order valence-electron chi connectivity index (χ4n) is 4.42. The number of hydrogen-bond donors (Lipinski definition) is 2. The quantitative estimate of drug-likeness (QED) is 0.309. The Morgan fingerprint density at radius 3 is 2.59 bits per heavy atom. The largest absolute Gasteiger partial charge is 0.378 e. The molecule has 0 radical (unpaired) electrons. The fourth-order valence-corrected chi connectivity index (χ4v) is 5.30. The Morgan fingerprint density at radius 1 is 0.912 bits per heavy atom. The molecule has 0 aliphatic heterocycles. The van der Waals surface area contributed by atoms with E-state index in [-0.39, 0.29) is 0 Å². The number of aryl methyl sites for hydroxylation is 2. The number of aromatic amines is 2. The second-order valence-corrected chi connectivity index (χ2v) is 10.1. The van der Waals surface area contributed by atoms with Gasteiger partial charge in [-0.25, -0.2) is 4.98 Å². The Bertz CT molecular complexity index is 1670. The summed E-state index contributed by atoms with van der Waals surface area (Å²) in [7, 11) is 4.12. The van der Waals surface area contributed by atoms with Crippen LogP contribution in [0.5, 0.6) is 0 Å². The minimum atomic E-state index is 0.737. The van der Waals surface area contributed by atoms with Crippen LogP contribution in [-0.4, -0.2) is 39.2 Å². The van der Waals surface area contributed by atoms with Crippen LogP contribution >= 0.6 is 11.3 Å². The molecule has 0 spiro atoms. The number of rotatable bonds is 4. The predicted octanol–water partition coefficient (Wildman–Crippen LogP) is 6.58. The first-order chi connectivity index (χ1) is 16.5. The van der Waals surface area contributed by atoms with E-state index in [0.29, 0.717) is 0 Å². The van der Waals surface area contributed by atoms with E-state index in [1.165, 1.54) is 32.1 Å². The molecule has 4 aromatic heterocycles. The molecule has 34 heavy (non-hydrogen) atoms. The number of hydrogen-bond acceptors (Lipinski definition) is 5. The molecular formula is C27H24N6S. The first-order valence-corrected chi connectivity index (χ1v) is 12.0. The molecule has 0 aliphatic carbocycles. The lowest BCUT2D eigenvalue weighted by atomic mass is 9.97. The van der Waals surface area contributed by atoms with Crippen LogP contribution in [0.3, 0.4) is 0 Å². The third-order valence-electron chi connectivity index (χ3n) is 6.21. The van der Waals surface area contributed by atoms with Gasteiger partial charge in [-0.2, -0.15) is 5.10 Å². The maximum Gasteiger partial charge on any atom is 0.159 e. The summed E-state index contributed by atoms with van der Waals surface area (Å²) in [5, 5.41) is 8.88. The molecule has 168 valence electrons. The number of fused-ring (bicyclic) bond motifs is 2. The number of imidazole rings is 1. The van der Waals surface area contributed by atoms with Crippen molar-refractivity contribution in [2.24, 2.45) is 0 Å². The van der Waals surface area contributed by atoms with Crippen molar-refractivity contribution < 1.29 is 0 Å². The van der Waals surface area contributed by atoms with Crippen LogP contribution in [0.15, 0.2) is 60.9 Å². The van der Waals surface area contributed by atoms with Crippen molar-refractivity contribution >= 4 is 39.0 Å². The Labute approximate surface area is 201 Å². The Kier molecular flexibility index (Phi) is 4.74. The molecule has 0 aliphatic rings. The summed E-state index contributed by atoms with van der Waals surface area (Å²) >= 11 is 1.75. The van der Waals surface area contributed by atoms with Gasteiger partial charge in [0.2, 0.25) is 0 Å². The van der Waals surface area contributed by atoms with Crippen LogP contribution in [0.4, 0.5) is 5.69 Å². The standard InChI is InChI=1S/C27H24N6S/c1-15-10-22-20(12-19(15)17-6-5-7-18(11-17)33(3)4)26(32-31-22)27-29-23-14-28-13-21(25(23)30-27)24-9-8-16(2)34-24/h5-14H,1-4H3,(H,29,30)(H,31,32). The molecular weight excluding hydrogens is 440 g/mol. The molecule has 0 unspecified atom stereocenters. The van der Waals surface area contributed by atoms with Crippen LogP contribution in [0.2, 0.25) is 0 Å². The maximum absolute atomic E-state index is 4.98. The summed E-state index contributed by atoms with van der Waals surface area (Å²) in [6.07, 6.45) is 3.72. The number of nitrogens with one attached hydrogen (secondary N) is 2. The molecule has 0 saturated heterocycles. The first-order valence-electron chi connectivity index (χ1n) is 11.2. The van der Waals surface area contributed by atoms with E-state index < -0.39 is 0 Å². The van der Waals surface area contributed by atoms with E-state index in [4.69, 9.17) is 4.98 Å². The van der Waals surface area contributed by atoms with E-state index in [1.54, 1.807) is 11.3 Å². The number of thiophene rings is 1. The van der Waals surface area contributed by atoms with Gasteiger partial charge in [-0.3, -0.25) is 10.1 Å². The van der Waals surface area contributed by atoms with Gasteiger partial charge < -0.3 is 9.88 Å². The minimum Gasteiger partial charge on any atom is -0.378 e. The second-order valence-electron chi connectivity index (χ2n) is 8.81. The molecule has 6 nitrogen and oxygen atoms in total. The van der Waals surface area contributed by atoms with Gasteiger partial charge in [-0.15, -0.1) is 11.3 Å². The molecule has 4 heterocycles. The smallest absolute Gasteiger partial charge is 0.159 e. The van der Waals surface area contributed by atoms with Crippen molar-refractivity contribution in [1.29, 1.82) is 0 Å². The summed E-state index contributed by atoms with van der Waals surface area (Å²) in [4.78, 5) is 17.4. The lowest BCUT2D eigenvalue weighted by molar-refractivity contribution is 1.10. The fraction of sp³-hybridized carbons (Fsp3) is 0.148. The molecule has 0 amide bonds. The monoisotopic (exact) mass is 464 g/mol. The molecule has 0 saturated carbocycles. The van der Waals surface area contributed by atoms with E-state index in [0.717, 1.165) is 39.0 Å². The van der Waals surface area contributed by atoms with E-state index in [9.17, 15) is 0 Å². The van der Waals surface area contributed by atoms with Gasteiger partial charge in [0.05, 0.1) is 17.2 Å². The molecule has 2 N–H and O–H groups in total. The maximum atomic E-state index is 4.98. The third-order valence-corrected chi connectivity index (χ3v) is 7.24. The first kappa shape index (κ1) is 20.6. The number of benzene rings is 2. The van der Waals surface area contributed by atoms with Crippen LogP contribution in [0.25, 0.3) is 55.0 Å². The van der Waals surface area contributed by atoms with Crippen molar-refractivity contribution in [3.63, 3.8) is 0 Å². The number of anilines is 1. The highest BCUT2D eigenvalue weighted by molar-refractivity contribution is 7.15. The van der Waals surface area contributed by atoms with Crippen molar-refractivity contribution in [2.45, 2.75) is 13.8 Å². The minimum absolute atomic E-state index is 0.737. The average molecular weight is 465 g/mol. The number of pyridine rings is 1. The van der Waals surface area contributed by atoms with Gasteiger partial charge in [0, 0.05) is 46.7 Å².